The van der Waals surface area contributed by atoms with E-state index in [0.717, 1.165) is 40.7 Å². The van der Waals surface area contributed by atoms with Crippen molar-refractivity contribution in [2.24, 2.45) is 33.0 Å². The van der Waals surface area contributed by atoms with E-state index in [1.165, 1.54) is 7.11 Å². The molecule has 2 amide bonds. The zero-order valence-electron chi connectivity index (χ0n) is 31.4. The number of nitrogens with zero attached hydrogens (tertiary/aromatic N) is 3. The van der Waals surface area contributed by atoms with Crippen LogP contribution in [0.3, 0.4) is 0 Å². The van der Waals surface area contributed by atoms with Gasteiger partial charge in [0.2, 0.25) is 5.91 Å². The first-order valence-corrected chi connectivity index (χ1v) is 18.0. The van der Waals surface area contributed by atoms with Gasteiger partial charge in [-0.15, -0.1) is 5.11 Å². The van der Waals surface area contributed by atoms with E-state index < -0.39 is 23.6 Å². The second-order valence-corrected chi connectivity index (χ2v) is 14.7. The Morgan fingerprint density at radius 1 is 0.906 bits per heavy atom. The number of rotatable bonds is 13. The lowest BCUT2D eigenvalue weighted by molar-refractivity contribution is -0.129. The van der Waals surface area contributed by atoms with Crippen molar-refractivity contribution in [2.45, 2.75) is 71.8 Å². The number of Topliss-reactive ketones (excluding diaryl/α,β-unsaturated/α-hetero) is 1. The van der Waals surface area contributed by atoms with Crippen molar-refractivity contribution in [1.82, 2.24) is 5.32 Å². The average molecular weight is 724 g/mol. The molecule has 0 bridgehead atoms. The number of benzene rings is 3. The first-order chi connectivity index (χ1) is 25.3. The van der Waals surface area contributed by atoms with Crippen molar-refractivity contribution in [3.63, 3.8) is 0 Å². The summed E-state index contributed by atoms with van der Waals surface area (Å²) >= 11 is 0. The van der Waals surface area contributed by atoms with Gasteiger partial charge in [0.05, 0.1) is 19.8 Å². The van der Waals surface area contributed by atoms with Crippen molar-refractivity contribution in [3.8, 4) is 16.9 Å². The van der Waals surface area contributed by atoms with Gasteiger partial charge >= 0.3 is 12.1 Å². The fraction of sp³-hybridized carbons (Fsp3) is 0.439. The Balaban J connectivity index is 1.32. The van der Waals surface area contributed by atoms with Crippen LogP contribution in [0.15, 0.2) is 75.9 Å². The standard InChI is InChI=1S/C41H49N5O7/c1-25-19-30(39(49)52-6)14-17-33(25)34-21-27(9-18-36(34)51-5)20-31(38(48)45-32-15-12-29(13-16-32)37-43-24-44-46-37)22-35(47)28-10-7-26(8-11-28)23-42-40(50)53-41(2,3)4/h9,12-19,21,26,28,31H,7-8,10-11,20,22-24H2,1-6H3,(H,42,50)(H,45,48)/t26?,28?,31-/m1/s1. The van der Waals surface area contributed by atoms with Crippen molar-refractivity contribution in [1.29, 1.82) is 0 Å². The molecule has 1 fully saturated rings. The summed E-state index contributed by atoms with van der Waals surface area (Å²) in [5.41, 5.74) is 4.68. The fourth-order valence-electron chi connectivity index (χ4n) is 6.81. The number of esters is 1. The van der Waals surface area contributed by atoms with E-state index in [2.05, 4.69) is 25.9 Å². The number of carbonyl (C=O) groups excluding carboxylic acids is 4. The number of hydrogen-bond donors (Lipinski definition) is 2. The van der Waals surface area contributed by atoms with E-state index in [9.17, 15) is 19.2 Å². The number of aryl methyl sites for hydroxylation is 1. The number of carbonyl (C=O) groups is 4. The monoisotopic (exact) mass is 723 g/mol. The van der Waals surface area contributed by atoms with Crippen LogP contribution >= 0.6 is 0 Å². The fourth-order valence-corrected chi connectivity index (χ4v) is 6.81. The van der Waals surface area contributed by atoms with Gasteiger partial charge in [0, 0.05) is 41.6 Å². The highest BCUT2D eigenvalue weighted by molar-refractivity contribution is 6.01. The summed E-state index contributed by atoms with van der Waals surface area (Å²) in [6, 6.07) is 18.4. The van der Waals surface area contributed by atoms with Crippen molar-refractivity contribution < 1.29 is 33.4 Å². The molecular weight excluding hydrogens is 674 g/mol. The number of azo groups is 1. The summed E-state index contributed by atoms with van der Waals surface area (Å²) in [6.45, 7) is 8.20. The molecule has 53 heavy (non-hydrogen) atoms. The molecule has 12 nitrogen and oxygen atoms in total. The molecule has 280 valence electrons. The number of amidine groups is 1. The molecule has 12 heteroatoms. The van der Waals surface area contributed by atoms with Gasteiger partial charge in [-0.3, -0.25) is 9.59 Å². The second-order valence-electron chi connectivity index (χ2n) is 14.7. The molecule has 2 N–H and O–H groups in total. The van der Waals surface area contributed by atoms with Crippen molar-refractivity contribution in [3.05, 3.63) is 82.9 Å². The lowest BCUT2D eigenvalue weighted by Gasteiger charge is -2.29. The van der Waals surface area contributed by atoms with Crippen LogP contribution in [0, 0.1) is 24.7 Å². The molecule has 0 saturated heterocycles. The summed E-state index contributed by atoms with van der Waals surface area (Å²) in [4.78, 5) is 56.4. The van der Waals surface area contributed by atoms with Crippen LogP contribution in [-0.4, -0.2) is 62.6 Å². The Labute approximate surface area is 310 Å². The maximum absolute atomic E-state index is 14.0. The lowest BCUT2D eigenvalue weighted by Crippen LogP contribution is -2.37. The highest BCUT2D eigenvalue weighted by Gasteiger charge is 2.31. The third kappa shape index (κ3) is 10.6. The summed E-state index contributed by atoms with van der Waals surface area (Å²) in [5.74, 6) is 0.0283. The molecule has 0 aromatic heterocycles. The van der Waals surface area contributed by atoms with Gasteiger partial charge < -0.3 is 24.8 Å². The SMILES string of the molecule is COC(=O)c1ccc(-c2cc(C[C@H](CC(=O)C3CCC(CNC(=O)OC(C)(C)C)CC3)C(=O)Nc3ccc(C4=NCN=N4)cc3)ccc2OC)c(C)c1. The largest absolute Gasteiger partial charge is 0.496 e. The summed E-state index contributed by atoms with van der Waals surface area (Å²) in [5, 5.41) is 13.8. The Morgan fingerprint density at radius 2 is 1.64 bits per heavy atom. The molecule has 1 heterocycles. The van der Waals surface area contributed by atoms with E-state index in [1.807, 2.05) is 64.1 Å². The predicted octanol–water partition coefficient (Wildman–Crippen LogP) is 7.71. The molecule has 0 spiro atoms. The minimum absolute atomic E-state index is 0.0617. The van der Waals surface area contributed by atoms with Crippen molar-refractivity contribution in [2.75, 3.05) is 32.7 Å². The Kier molecular flexibility index (Phi) is 12.8. The first-order valence-electron chi connectivity index (χ1n) is 18.0. The first kappa shape index (κ1) is 38.8. The smallest absolute Gasteiger partial charge is 0.407 e. The minimum atomic E-state index is -0.647. The molecule has 1 aliphatic carbocycles. The number of nitrogens with one attached hydrogen (secondary N) is 2. The molecule has 1 atom stereocenters. The highest BCUT2D eigenvalue weighted by atomic mass is 16.6. The number of ether oxygens (including phenoxy) is 3. The number of alkyl carbamates (subject to hydrolysis) is 1. The van der Waals surface area contributed by atoms with Crippen LogP contribution in [0.25, 0.3) is 11.1 Å². The normalized spacial score (nSPS) is 17.4. The van der Waals surface area contributed by atoms with E-state index in [-0.39, 0.29) is 29.9 Å². The van der Waals surface area contributed by atoms with Gasteiger partial charge in [-0.05, 0) is 131 Å². The number of anilines is 1. The molecule has 1 saturated carbocycles. The van der Waals surface area contributed by atoms with Crippen LogP contribution in [0.5, 0.6) is 5.75 Å². The Morgan fingerprint density at radius 3 is 2.26 bits per heavy atom. The van der Waals surface area contributed by atoms with Crippen LogP contribution < -0.4 is 15.4 Å². The predicted molar refractivity (Wildman–Crippen MR) is 202 cm³/mol. The number of aliphatic imine (C=N–C) groups is 1. The van der Waals surface area contributed by atoms with Crippen LogP contribution in [0.4, 0.5) is 10.5 Å². The maximum atomic E-state index is 14.0. The van der Waals surface area contributed by atoms with Gasteiger partial charge in [-0.25, -0.2) is 14.6 Å². The lowest BCUT2D eigenvalue weighted by atomic mass is 9.77. The highest BCUT2D eigenvalue weighted by Crippen LogP contribution is 2.36. The Bertz CT molecular complexity index is 1870. The molecule has 2 aliphatic rings. The van der Waals surface area contributed by atoms with Gasteiger partial charge in [0.1, 0.15) is 17.1 Å². The third-order valence-corrected chi connectivity index (χ3v) is 9.60. The van der Waals surface area contributed by atoms with Gasteiger partial charge in [-0.1, -0.05) is 12.1 Å². The van der Waals surface area contributed by atoms with Gasteiger partial charge in [0.15, 0.2) is 12.5 Å². The van der Waals surface area contributed by atoms with E-state index in [4.69, 9.17) is 14.2 Å². The third-order valence-electron chi connectivity index (χ3n) is 9.60. The number of ketones is 1. The van der Waals surface area contributed by atoms with E-state index >= 15 is 0 Å². The molecule has 3 aromatic carbocycles. The summed E-state index contributed by atoms with van der Waals surface area (Å²) in [7, 11) is 2.95. The molecule has 0 unspecified atom stereocenters. The Hall–Kier alpha value is -5.39. The second kappa shape index (κ2) is 17.4. The van der Waals surface area contributed by atoms with Crippen LogP contribution in [-0.2, 0) is 25.5 Å². The summed E-state index contributed by atoms with van der Waals surface area (Å²) < 4.78 is 16.0. The van der Waals surface area contributed by atoms with E-state index in [1.54, 1.807) is 31.4 Å². The molecule has 5 rings (SSSR count). The maximum Gasteiger partial charge on any atom is 0.407 e. The molecule has 0 radical (unpaired) electrons. The number of amides is 2. The van der Waals surface area contributed by atoms with Crippen LogP contribution in [0.1, 0.15) is 79.9 Å². The zero-order chi connectivity index (χ0) is 38.1. The minimum Gasteiger partial charge on any atom is -0.496 e. The van der Waals surface area contributed by atoms with Gasteiger partial charge in [0.25, 0.3) is 0 Å². The number of methoxy groups -OCH3 is 2. The van der Waals surface area contributed by atoms with Crippen LogP contribution in [0.2, 0.25) is 0 Å². The average Bonchev–Trinajstić information content (AvgIpc) is 3.68. The van der Waals surface area contributed by atoms with Crippen molar-refractivity contribution >= 4 is 35.3 Å². The number of hydrogen-bond acceptors (Lipinski definition) is 10. The molecule has 3 aromatic rings. The van der Waals surface area contributed by atoms with Gasteiger partial charge in [-0.2, -0.15) is 5.11 Å². The van der Waals surface area contributed by atoms with E-state index in [0.29, 0.717) is 55.3 Å². The molecular formula is C41H49N5O7. The zero-order valence-corrected chi connectivity index (χ0v) is 31.4. The molecule has 1 aliphatic heterocycles. The topological polar surface area (TPSA) is 157 Å². The quantitative estimate of drug-likeness (QED) is 0.171. The summed E-state index contributed by atoms with van der Waals surface area (Å²) in [6.07, 6.45) is 2.96.